The molecule has 0 saturated heterocycles. The molecule has 0 bridgehead atoms. The van der Waals surface area contributed by atoms with E-state index in [1.54, 1.807) is 0 Å². The van der Waals surface area contributed by atoms with Gasteiger partial charge in [0.15, 0.2) is 0 Å². The predicted octanol–water partition coefficient (Wildman–Crippen LogP) is 1.69. The van der Waals surface area contributed by atoms with Crippen LogP contribution in [0.2, 0.25) is 0 Å². The Morgan fingerprint density at radius 1 is 1.05 bits per heavy atom. The predicted molar refractivity (Wildman–Crippen MR) is 78.1 cm³/mol. The lowest BCUT2D eigenvalue weighted by Crippen LogP contribution is -2.14. The van der Waals surface area contributed by atoms with E-state index < -0.39 is 0 Å². The fourth-order valence-corrected chi connectivity index (χ4v) is 1.64. The standard InChI is InChI=1S/C14H18N4O3/c1-10-5-4-6-11(9-10)21-8-7-15-12-16-13(19-2)18-14(17-12)20-3/h4-6,9H,7-8H2,1-3H3,(H,15,16,17,18). The number of hydrogen-bond donors (Lipinski definition) is 1. The topological polar surface area (TPSA) is 78.4 Å². The molecule has 0 spiro atoms. The van der Waals surface area contributed by atoms with Crippen molar-refractivity contribution in [2.75, 3.05) is 32.7 Å². The zero-order chi connectivity index (χ0) is 15.1. The van der Waals surface area contributed by atoms with Crippen LogP contribution in [0.4, 0.5) is 5.95 Å². The third-order valence-electron chi connectivity index (χ3n) is 2.60. The highest BCUT2D eigenvalue weighted by atomic mass is 16.5. The van der Waals surface area contributed by atoms with Crippen molar-refractivity contribution in [2.24, 2.45) is 0 Å². The summed E-state index contributed by atoms with van der Waals surface area (Å²) in [6.07, 6.45) is 0. The minimum atomic E-state index is 0.198. The molecular weight excluding hydrogens is 272 g/mol. The van der Waals surface area contributed by atoms with E-state index in [9.17, 15) is 0 Å². The minimum Gasteiger partial charge on any atom is -0.492 e. The quantitative estimate of drug-likeness (QED) is 0.777. The summed E-state index contributed by atoms with van der Waals surface area (Å²) >= 11 is 0. The number of ether oxygens (including phenoxy) is 3. The summed E-state index contributed by atoms with van der Waals surface area (Å²) in [6, 6.07) is 8.28. The molecule has 0 aliphatic rings. The second kappa shape index (κ2) is 7.28. The van der Waals surface area contributed by atoms with Crippen LogP contribution in [0.1, 0.15) is 5.56 Å². The highest BCUT2D eigenvalue weighted by molar-refractivity contribution is 5.29. The summed E-state index contributed by atoms with van der Waals surface area (Å²) in [7, 11) is 2.97. The van der Waals surface area contributed by atoms with Crippen LogP contribution in [0.25, 0.3) is 0 Å². The first kappa shape index (κ1) is 14.8. The molecule has 0 aliphatic carbocycles. The molecule has 0 saturated carbocycles. The normalized spacial score (nSPS) is 10.0. The Hall–Kier alpha value is -2.57. The lowest BCUT2D eigenvalue weighted by Gasteiger charge is -2.09. The van der Waals surface area contributed by atoms with Crippen LogP contribution in [0.5, 0.6) is 17.8 Å². The Morgan fingerprint density at radius 3 is 2.38 bits per heavy atom. The number of aryl methyl sites for hydroxylation is 1. The molecule has 7 nitrogen and oxygen atoms in total. The maximum absolute atomic E-state index is 5.63. The molecule has 0 unspecified atom stereocenters. The van der Waals surface area contributed by atoms with Crippen molar-refractivity contribution in [3.05, 3.63) is 29.8 Å². The Bertz CT molecular complexity index is 570. The van der Waals surface area contributed by atoms with Crippen molar-refractivity contribution in [1.82, 2.24) is 15.0 Å². The average molecular weight is 290 g/mol. The van der Waals surface area contributed by atoms with Gasteiger partial charge in [-0.2, -0.15) is 9.97 Å². The molecule has 2 rings (SSSR count). The summed E-state index contributed by atoms with van der Waals surface area (Å²) in [6.45, 7) is 3.05. The van der Waals surface area contributed by atoms with Gasteiger partial charge in [0.2, 0.25) is 5.95 Å². The number of benzene rings is 1. The SMILES string of the molecule is COc1nc(NCCOc2cccc(C)c2)nc(OC)n1. The summed E-state index contributed by atoms with van der Waals surface area (Å²) in [4.78, 5) is 12.1. The molecule has 21 heavy (non-hydrogen) atoms. The van der Waals surface area contributed by atoms with Gasteiger partial charge in [-0.25, -0.2) is 0 Å². The van der Waals surface area contributed by atoms with Crippen molar-refractivity contribution in [3.8, 4) is 17.8 Å². The zero-order valence-electron chi connectivity index (χ0n) is 12.3. The van der Waals surface area contributed by atoms with Crippen LogP contribution in [0, 0.1) is 6.92 Å². The molecule has 2 aromatic rings. The molecule has 1 aromatic carbocycles. The molecule has 0 amide bonds. The summed E-state index contributed by atoms with van der Waals surface area (Å²) in [5.41, 5.74) is 1.16. The first-order chi connectivity index (χ1) is 10.2. The van der Waals surface area contributed by atoms with E-state index in [1.807, 2.05) is 31.2 Å². The van der Waals surface area contributed by atoms with Crippen LogP contribution in [0.15, 0.2) is 24.3 Å². The van der Waals surface area contributed by atoms with E-state index in [0.717, 1.165) is 11.3 Å². The third-order valence-corrected chi connectivity index (χ3v) is 2.60. The fraction of sp³-hybridized carbons (Fsp3) is 0.357. The molecule has 0 aliphatic heterocycles. The number of nitrogens with one attached hydrogen (secondary N) is 1. The third kappa shape index (κ3) is 4.48. The number of methoxy groups -OCH3 is 2. The molecule has 7 heteroatoms. The number of hydrogen-bond acceptors (Lipinski definition) is 7. The van der Waals surface area contributed by atoms with Crippen molar-refractivity contribution in [3.63, 3.8) is 0 Å². The number of aromatic nitrogens is 3. The molecule has 0 radical (unpaired) electrons. The van der Waals surface area contributed by atoms with E-state index in [0.29, 0.717) is 19.1 Å². The minimum absolute atomic E-state index is 0.198. The largest absolute Gasteiger partial charge is 0.492 e. The summed E-state index contributed by atoms with van der Waals surface area (Å²) in [5.74, 6) is 1.22. The maximum atomic E-state index is 5.63. The maximum Gasteiger partial charge on any atom is 0.324 e. The number of anilines is 1. The van der Waals surface area contributed by atoms with E-state index in [4.69, 9.17) is 14.2 Å². The molecule has 1 N–H and O–H groups in total. The van der Waals surface area contributed by atoms with Gasteiger partial charge in [0, 0.05) is 0 Å². The Morgan fingerprint density at radius 2 is 1.76 bits per heavy atom. The van der Waals surface area contributed by atoms with Crippen molar-refractivity contribution < 1.29 is 14.2 Å². The zero-order valence-corrected chi connectivity index (χ0v) is 12.3. The molecule has 1 heterocycles. The molecule has 112 valence electrons. The fourth-order valence-electron chi connectivity index (χ4n) is 1.64. The number of nitrogens with zero attached hydrogens (tertiary/aromatic N) is 3. The lowest BCUT2D eigenvalue weighted by molar-refractivity contribution is 0.329. The van der Waals surface area contributed by atoms with E-state index in [-0.39, 0.29) is 12.0 Å². The van der Waals surface area contributed by atoms with Crippen molar-refractivity contribution >= 4 is 5.95 Å². The van der Waals surface area contributed by atoms with Crippen LogP contribution in [-0.4, -0.2) is 42.3 Å². The van der Waals surface area contributed by atoms with Crippen molar-refractivity contribution in [2.45, 2.75) is 6.92 Å². The first-order valence-electron chi connectivity index (χ1n) is 6.48. The van der Waals surface area contributed by atoms with Gasteiger partial charge >= 0.3 is 12.0 Å². The molecule has 0 atom stereocenters. The van der Waals surface area contributed by atoms with Gasteiger partial charge in [-0.15, -0.1) is 4.98 Å². The summed E-state index contributed by atoms with van der Waals surface area (Å²) < 4.78 is 15.6. The number of rotatable bonds is 7. The van der Waals surface area contributed by atoms with Gasteiger partial charge in [-0.05, 0) is 24.6 Å². The van der Waals surface area contributed by atoms with Gasteiger partial charge in [0.25, 0.3) is 0 Å². The lowest BCUT2D eigenvalue weighted by atomic mass is 10.2. The van der Waals surface area contributed by atoms with Crippen LogP contribution >= 0.6 is 0 Å². The van der Waals surface area contributed by atoms with Gasteiger partial charge in [-0.1, -0.05) is 12.1 Å². The Balaban J connectivity index is 1.85. The Labute approximate surface area is 123 Å². The second-order valence-corrected chi connectivity index (χ2v) is 4.22. The van der Waals surface area contributed by atoms with Gasteiger partial charge in [-0.3, -0.25) is 0 Å². The molecule has 1 aromatic heterocycles. The smallest absolute Gasteiger partial charge is 0.324 e. The first-order valence-corrected chi connectivity index (χ1v) is 6.48. The van der Waals surface area contributed by atoms with Crippen LogP contribution in [-0.2, 0) is 0 Å². The van der Waals surface area contributed by atoms with Gasteiger partial charge < -0.3 is 19.5 Å². The van der Waals surface area contributed by atoms with E-state index >= 15 is 0 Å². The van der Waals surface area contributed by atoms with Gasteiger partial charge in [0.1, 0.15) is 12.4 Å². The summed E-state index contributed by atoms with van der Waals surface area (Å²) in [5, 5.41) is 3.03. The molecule has 0 fully saturated rings. The van der Waals surface area contributed by atoms with Crippen LogP contribution in [0.3, 0.4) is 0 Å². The highest BCUT2D eigenvalue weighted by Crippen LogP contribution is 2.13. The Kier molecular flexibility index (Phi) is 5.14. The van der Waals surface area contributed by atoms with Gasteiger partial charge in [0.05, 0.1) is 20.8 Å². The highest BCUT2D eigenvalue weighted by Gasteiger charge is 2.06. The average Bonchev–Trinajstić information content (AvgIpc) is 2.51. The molecular formula is C14H18N4O3. The van der Waals surface area contributed by atoms with Crippen LogP contribution < -0.4 is 19.5 Å². The monoisotopic (exact) mass is 290 g/mol. The second-order valence-electron chi connectivity index (χ2n) is 4.22. The van der Waals surface area contributed by atoms with E-state index in [2.05, 4.69) is 20.3 Å². The van der Waals surface area contributed by atoms with E-state index in [1.165, 1.54) is 14.2 Å². The van der Waals surface area contributed by atoms with Crippen molar-refractivity contribution in [1.29, 1.82) is 0 Å².